The van der Waals surface area contributed by atoms with Crippen LogP contribution in [0.3, 0.4) is 0 Å². The predicted octanol–water partition coefficient (Wildman–Crippen LogP) is 1.97. The van der Waals surface area contributed by atoms with Gasteiger partial charge in [-0.05, 0) is 12.5 Å². The van der Waals surface area contributed by atoms with Crippen molar-refractivity contribution in [2.75, 3.05) is 13.8 Å². The molecular formula is C13H17NO4. The number of carbonyl (C=O) groups is 1. The second kappa shape index (κ2) is 5.84. The fourth-order valence-corrected chi connectivity index (χ4v) is 1.84. The van der Waals surface area contributed by atoms with E-state index < -0.39 is 0 Å². The van der Waals surface area contributed by atoms with Gasteiger partial charge in [0.05, 0.1) is 6.04 Å². The smallest absolute Gasteiger partial charge is 0.412 e. The highest BCUT2D eigenvalue weighted by atomic mass is 16.7. The van der Waals surface area contributed by atoms with E-state index in [4.69, 9.17) is 14.2 Å². The van der Waals surface area contributed by atoms with E-state index >= 15 is 0 Å². The Kier molecular flexibility index (Phi) is 4.17. The minimum Gasteiger partial charge on any atom is -0.444 e. The summed E-state index contributed by atoms with van der Waals surface area (Å²) < 4.78 is 15.6. The van der Waals surface area contributed by atoms with E-state index in [0.717, 1.165) is 5.56 Å². The highest BCUT2D eigenvalue weighted by Gasteiger charge is 2.35. The number of hydrogen-bond donors (Lipinski definition) is 0. The lowest BCUT2D eigenvalue weighted by atomic mass is 10.2. The summed E-state index contributed by atoms with van der Waals surface area (Å²) in [4.78, 5) is 13.4. The molecule has 1 aliphatic heterocycles. The average Bonchev–Trinajstić information content (AvgIpc) is 2.78. The largest absolute Gasteiger partial charge is 0.444 e. The Morgan fingerprint density at radius 1 is 1.44 bits per heavy atom. The molecule has 0 saturated carbocycles. The van der Waals surface area contributed by atoms with Crippen LogP contribution in [0.25, 0.3) is 0 Å². The summed E-state index contributed by atoms with van der Waals surface area (Å²) in [7, 11) is 1.56. The topological polar surface area (TPSA) is 48.0 Å². The zero-order chi connectivity index (χ0) is 13.0. The number of rotatable bonds is 3. The maximum Gasteiger partial charge on any atom is 0.412 e. The van der Waals surface area contributed by atoms with E-state index in [1.165, 1.54) is 4.90 Å². The Morgan fingerprint density at radius 3 is 2.78 bits per heavy atom. The van der Waals surface area contributed by atoms with Crippen molar-refractivity contribution in [3.05, 3.63) is 35.9 Å². The fraction of sp³-hybridized carbons (Fsp3) is 0.462. The molecule has 1 aromatic carbocycles. The van der Waals surface area contributed by atoms with Gasteiger partial charge in [-0.1, -0.05) is 30.3 Å². The minimum absolute atomic E-state index is 0.140. The molecular weight excluding hydrogens is 234 g/mol. The molecule has 1 fully saturated rings. The molecule has 1 heterocycles. The van der Waals surface area contributed by atoms with Crippen molar-refractivity contribution in [3.63, 3.8) is 0 Å². The first-order chi connectivity index (χ1) is 8.72. The summed E-state index contributed by atoms with van der Waals surface area (Å²) in [6.45, 7) is 2.33. The molecule has 5 heteroatoms. The number of hydrogen-bond acceptors (Lipinski definition) is 4. The highest BCUT2D eigenvalue weighted by Crippen LogP contribution is 2.18. The molecule has 1 aliphatic rings. The molecule has 98 valence electrons. The van der Waals surface area contributed by atoms with Crippen molar-refractivity contribution < 1.29 is 19.0 Å². The molecule has 1 aromatic rings. The van der Waals surface area contributed by atoms with Crippen LogP contribution in [0.4, 0.5) is 4.79 Å². The molecule has 1 unspecified atom stereocenters. The van der Waals surface area contributed by atoms with Gasteiger partial charge in [0.15, 0.2) is 6.29 Å². The molecule has 2 atom stereocenters. The normalized spacial score (nSPS) is 23.1. The van der Waals surface area contributed by atoms with Crippen LogP contribution in [-0.2, 0) is 20.8 Å². The van der Waals surface area contributed by atoms with Crippen molar-refractivity contribution in [3.8, 4) is 0 Å². The third-order valence-electron chi connectivity index (χ3n) is 2.94. The minimum atomic E-state index is -0.383. The third-order valence-corrected chi connectivity index (χ3v) is 2.94. The highest BCUT2D eigenvalue weighted by molar-refractivity contribution is 5.68. The third kappa shape index (κ3) is 2.80. The van der Waals surface area contributed by atoms with E-state index in [9.17, 15) is 4.79 Å². The molecule has 0 aromatic heterocycles. The van der Waals surface area contributed by atoms with E-state index in [-0.39, 0.29) is 31.8 Å². The summed E-state index contributed by atoms with van der Waals surface area (Å²) in [6, 6.07) is 9.42. The standard InChI is InChI=1S/C13H17NO4/c1-10-12(16-2)18-9-14(10)13(15)17-8-11-6-4-3-5-7-11/h3-7,10,12H,8-9H2,1-2H3/t10-,12?/m0/s1. The Balaban J connectivity index is 1.86. The summed E-state index contributed by atoms with van der Waals surface area (Å²) in [5.41, 5.74) is 0.960. The number of nitrogens with zero attached hydrogens (tertiary/aromatic N) is 1. The molecule has 0 spiro atoms. The molecule has 0 N–H and O–H groups in total. The number of benzene rings is 1. The lowest BCUT2D eigenvalue weighted by Crippen LogP contribution is -2.38. The monoisotopic (exact) mass is 251 g/mol. The van der Waals surface area contributed by atoms with Crippen molar-refractivity contribution in [1.29, 1.82) is 0 Å². The van der Waals surface area contributed by atoms with Crippen LogP contribution in [0.15, 0.2) is 30.3 Å². The van der Waals surface area contributed by atoms with E-state index in [2.05, 4.69) is 0 Å². The van der Waals surface area contributed by atoms with Crippen molar-refractivity contribution in [1.82, 2.24) is 4.90 Å². The van der Waals surface area contributed by atoms with Gasteiger partial charge in [-0.25, -0.2) is 4.79 Å². The Hall–Kier alpha value is -1.59. The average molecular weight is 251 g/mol. The first kappa shape index (κ1) is 12.9. The van der Waals surface area contributed by atoms with Crippen LogP contribution in [0.1, 0.15) is 12.5 Å². The van der Waals surface area contributed by atoms with Crippen LogP contribution in [-0.4, -0.2) is 37.2 Å². The van der Waals surface area contributed by atoms with E-state index in [1.807, 2.05) is 37.3 Å². The predicted molar refractivity (Wildman–Crippen MR) is 64.7 cm³/mol. The number of methoxy groups -OCH3 is 1. The van der Waals surface area contributed by atoms with Crippen molar-refractivity contribution in [2.24, 2.45) is 0 Å². The van der Waals surface area contributed by atoms with Crippen molar-refractivity contribution in [2.45, 2.75) is 25.9 Å². The lowest BCUT2D eigenvalue weighted by Gasteiger charge is -2.20. The quantitative estimate of drug-likeness (QED) is 0.824. The Bertz CT molecular complexity index is 395. The van der Waals surface area contributed by atoms with Gasteiger partial charge in [0.2, 0.25) is 0 Å². The number of carbonyl (C=O) groups excluding carboxylic acids is 1. The van der Waals surface area contributed by atoms with E-state index in [1.54, 1.807) is 7.11 Å². The van der Waals surface area contributed by atoms with Crippen LogP contribution in [0.2, 0.25) is 0 Å². The van der Waals surface area contributed by atoms with Crippen LogP contribution >= 0.6 is 0 Å². The number of amides is 1. The Morgan fingerprint density at radius 2 is 2.17 bits per heavy atom. The Labute approximate surface area is 106 Å². The maximum absolute atomic E-state index is 11.9. The van der Waals surface area contributed by atoms with Crippen LogP contribution < -0.4 is 0 Å². The van der Waals surface area contributed by atoms with E-state index in [0.29, 0.717) is 0 Å². The fourth-order valence-electron chi connectivity index (χ4n) is 1.84. The second-order valence-electron chi connectivity index (χ2n) is 4.15. The van der Waals surface area contributed by atoms with Gasteiger partial charge >= 0.3 is 6.09 Å². The molecule has 0 bridgehead atoms. The first-order valence-electron chi connectivity index (χ1n) is 5.84. The summed E-state index contributed by atoms with van der Waals surface area (Å²) in [5, 5.41) is 0. The molecule has 2 rings (SSSR count). The van der Waals surface area contributed by atoms with Crippen molar-refractivity contribution >= 4 is 6.09 Å². The van der Waals surface area contributed by atoms with Gasteiger partial charge in [-0.3, -0.25) is 4.90 Å². The van der Waals surface area contributed by atoms with Gasteiger partial charge < -0.3 is 14.2 Å². The lowest BCUT2D eigenvalue weighted by molar-refractivity contribution is -0.0934. The zero-order valence-corrected chi connectivity index (χ0v) is 10.5. The van der Waals surface area contributed by atoms with Gasteiger partial charge in [0.25, 0.3) is 0 Å². The summed E-state index contributed by atoms with van der Waals surface area (Å²) in [6.07, 6.45) is -0.764. The van der Waals surface area contributed by atoms with Gasteiger partial charge in [-0.2, -0.15) is 0 Å². The molecule has 1 amide bonds. The van der Waals surface area contributed by atoms with Gasteiger partial charge in [0.1, 0.15) is 13.3 Å². The molecule has 5 nitrogen and oxygen atoms in total. The summed E-state index contributed by atoms with van der Waals surface area (Å²) in [5.74, 6) is 0. The molecule has 18 heavy (non-hydrogen) atoms. The molecule has 0 radical (unpaired) electrons. The van der Waals surface area contributed by atoms with Crippen LogP contribution in [0, 0.1) is 0 Å². The number of ether oxygens (including phenoxy) is 3. The first-order valence-corrected chi connectivity index (χ1v) is 5.84. The van der Waals surface area contributed by atoms with Gasteiger partial charge in [-0.15, -0.1) is 0 Å². The molecule has 0 aliphatic carbocycles. The zero-order valence-electron chi connectivity index (χ0n) is 10.5. The molecule has 1 saturated heterocycles. The maximum atomic E-state index is 11.9. The summed E-state index contributed by atoms with van der Waals surface area (Å²) >= 11 is 0. The SMILES string of the molecule is COC1OCN(C(=O)OCc2ccccc2)[C@H]1C. The van der Waals surface area contributed by atoms with Gasteiger partial charge in [0, 0.05) is 7.11 Å². The van der Waals surface area contributed by atoms with Crippen LogP contribution in [0.5, 0.6) is 0 Å². The second-order valence-corrected chi connectivity index (χ2v) is 4.15.